The number of pyridine rings is 1. The number of imidazole rings is 1. The van der Waals surface area contributed by atoms with Crippen molar-refractivity contribution in [2.24, 2.45) is 0 Å². The highest BCUT2D eigenvalue weighted by Crippen LogP contribution is 2.37. The first-order valence-electron chi connectivity index (χ1n) is 12.2. The molecule has 12 heteroatoms. The van der Waals surface area contributed by atoms with Gasteiger partial charge in [0.15, 0.2) is 17.3 Å². The van der Waals surface area contributed by atoms with E-state index in [1.54, 1.807) is 24.6 Å². The quantitative estimate of drug-likeness (QED) is 0.413. The Bertz CT molecular complexity index is 1400. The van der Waals surface area contributed by atoms with E-state index in [1.807, 2.05) is 18.3 Å². The summed E-state index contributed by atoms with van der Waals surface area (Å²) >= 11 is 0. The zero-order valence-corrected chi connectivity index (χ0v) is 20.2. The fourth-order valence-corrected chi connectivity index (χ4v) is 5.26. The van der Waals surface area contributed by atoms with Gasteiger partial charge in [-0.1, -0.05) is 0 Å². The second kappa shape index (κ2) is 8.93. The Balaban J connectivity index is 1.30. The molecule has 4 aromatic rings. The third kappa shape index (κ3) is 4.03. The molecular formula is C24H28F2N8O2. The number of nitrogens with one attached hydrogen (secondary N) is 2. The zero-order chi connectivity index (χ0) is 24.9. The average molecular weight is 499 g/mol. The first kappa shape index (κ1) is 23.0. The Kier molecular flexibility index (Phi) is 5.72. The molecule has 0 unspecified atom stereocenters. The van der Waals surface area contributed by atoms with E-state index in [-0.39, 0.29) is 6.04 Å². The highest BCUT2D eigenvalue weighted by Gasteiger charge is 2.40. The summed E-state index contributed by atoms with van der Waals surface area (Å²) in [5.74, 6) is 1.26. The van der Waals surface area contributed by atoms with Gasteiger partial charge in [-0.15, -0.1) is 5.10 Å². The Morgan fingerprint density at radius 2 is 1.89 bits per heavy atom. The largest absolute Gasteiger partial charge is 0.371 e. The van der Waals surface area contributed by atoms with Gasteiger partial charge in [0.25, 0.3) is 6.43 Å². The Morgan fingerprint density at radius 3 is 2.61 bits per heavy atom. The van der Waals surface area contributed by atoms with Gasteiger partial charge in [-0.05, 0) is 38.0 Å². The minimum atomic E-state index is -2.50. The van der Waals surface area contributed by atoms with Gasteiger partial charge in [-0.3, -0.25) is 0 Å². The van der Waals surface area contributed by atoms with Crippen LogP contribution in [-0.4, -0.2) is 67.6 Å². The van der Waals surface area contributed by atoms with Crippen molar-refractivity contribution in [2.45, 2.75) is 57.4 Å². The summed E-state index contributed by atoms with van der Waals surface area (Å²) in [7, 11) is 1.81. The third-order valence-corrected chi connectivity index (χ3v) is 7.02. The molecule has 10 nitrogen and oxygen atoms in total. The maximum Gasteiger partial charge on any atom is 0.256 e. The van der Waals surface area contributed by atoms with Gasteiger partial charge in [-0.25, -0.2) is 23.3 Å². The van der Waals surface area contributed by atoms with Crippen molar-refractivity contribution in [1.82, 2.24) is 29.1 Å². The molecule has 1 saturated carbocycles. The SMILES string of the molecule is CNc1nc(NC2CCC3(CC2)OCCO3)nn2ccc(-c3ccc4nc(C)n(CC(F)F)c4n3)c12. The fourth-order valence-electron chi connectivity index (χ4n) is 5.26. The van der Waals surface area contributed by atoms with E-state index in [4.69, 9.17) is 19.4 Å². The number of rotatable bonds is 6. The Hall–Kier alpha value is -3.38. The second-order valence-corrected chi connectivity index (χ2v) is 9.28. The number of hydrogen-bond acceptors (Lipinski definition) is 8. The van der Waals surface area contributed by atoms with Crippen LogP contribution in [0.4, 0.5) is 20.5 Å². The molecular weight excluding hydrogens is 470 g/mol. The van der Waals surface area contributed by atoms with Gasteiger partial charge in [0, 0.05) is 37.7 Å². The molecule has 0 radical (unpaired) electrons. The van der Waals surface area contributed by atoms with Crippen LogP contribution < -0.4 is 10.6 Å². The predicted molar refractivity (Wildman–Crippen MR) is 130 cm³/mol. The zero-order valence-electron chi connectivity index (χ0n) is 20.2. The molecule has 2 fully saturated rings. The number of ether oxygens (including phenoxy) is 2. The van der Waals surface area contributed by atoms with Crippen LogP contribution >= 0.6 is 0 Å². The maximum absolute atomic E-state index is 13.1. The standard InChI is InChI=1S/C24H28F2N8O2/c1-14-28-18-4-3-17(30-22(18)33(14)13-19(25)26)16-7-10-34-20(16)21(27-2)31-23(32-34)29-15-5-8-24(9-6-15)35-11-12-36-24/h3-4,7,10,15,19H,5-6,8-9,11-13H2,1-2H3,(H2,27,29,31,32). The lowest BCUT2D eigenvalue weighted by Gasteiger charge is -2.35. The van der Waals surface area contributed by atoms with Gasteiger partial charge < -0.3 is 24.7 Å². The van der Waals surface area contributed by atoms with Crippen LogP contribution in [-0.2, 0) is 16.0 Å². The molecule has 5 heterocycles. The van der Waals surface area contributed by atoms with E-state index in [1.165, 1.54) is 4.57 Å². The minimum Gasteiger partial charge on any atom is -0.371 e. The molecule has 0 bridgehead atoms. The Morgan fingerprint density at radius 1 is 1.11 bits per heavy atom. The molecule has 190 valence electrons. The normalized spacial score (nSPS) is 18.1. The number of nitrogens with zero attached hydrogens (tertiary/aromatic N) is 6. The lowest BCUT2D eigenvalue weighted by atomic mass is 9.90. The van der Waals surface area contributed by atoms with E-state index in [0.29, 0.717) is 47.7 Å². The summed E-state index contributed by atoms with van der Waals surface area (Å²) in [6.07, 6.45) is 2.85. The summed E-state index contributed by atoms with van der Waals surface area (Å²) < 4.78 is 41.2. The number of fused-ring (bicyclic) bond motifs is 2. The lowest BCUT2D eigenvalue weighted by Crippen LogP contribution is -2.39. The van der Waals surface area contributed by atoms with Crippen LogP contribution in [0.15, 0.2) is 24.4 Å². The highest BCUT2D eigenvalue weighted by molar-refractivity contribution is 5.89. The molecule has 36 heavy (non-hydrogen) atoms. The number of aryl methyl sites for hydroxylation is 1. The number of hydrogen-bond donors (Lipinski definition) is 2. The lowest BCUT2D eigenvalue weighted by molar-refractivity contribution is -0.177. The average Bonchev–Trinajstić information content (AvgIpc) is 3.58. The highest BCUT2D eigenvalue weighted by atomic mass is 19.3. The molecule has 2 N–H and O–H groups in total. The molecule has 0 atom stereocenters. The molecule has 2 aliphatic rings. The summed E-state index contributed by atoms with van der Waals surface area (Å²) in [5.41, 5.74) is 3.20. The summed E-state index contributed by atoms with van der Waals surface area (Å²) in [4.78, 5) is 13.8. The molecule has 1 aliphatic heterocycles. The topological polar surface area (TPSA) is 103 Å². The maximum atomic E-state index is 13.1. The van der Waals surface area contributed by atoms with Crippen molar-refractivity contribution in [2.75, 3.05) is 30.9 Å². The minimum absolute atomic E-state index is 0.225. The van der Waals surface area contributed by atoms with Gasteiger partial charge in [-0.2, -0.15) is 4.98 Å². The first-order chi connectivity index (χ1) is 17.4. The van der Waals surface area contributed by atoms with Crippen molar-refractivity contribution in [3.05, 3.63) is 30.2 Å². The van der Waals surface area contributed by atoms with E-state index < -0.39 is 18.8 Å². The van der Waals surface area contributed by atoms with Crippen molar-refractivity contribution < 1.29 is 18.3 Å². The Labute approximate surface area is 206 Å². The molecule has 0 aromatic carbocycles. The van der Waals surface area contributed by atoms with E-state index >= 15 is 0 Å². The number of alkyl halides is 2. The van der Waals surface area contributed by atoms with Crippen LogP contribution in [0.3, 0.4) is 0 Å². The number of anilines is 2. The van der Waals surface area contributed by atoms with Crippen LogP contribution in [0.25, 0.3) is 27.9 Å². The van der Waals surface area contributed by atoms with Gasteiger partial charge in [0.2, 0.25) is 5.95 Å². The van der Waals surface area contributed by atoms with Gasteiger partial charge >= 0.3 is 0 Å². The molecule has 4 aromatic heterocycles. The molecule has 1 spiro atoms. The smallest absolute Gasteiger partial charge is 0.256 e. The first-order valence-corrected chi connectivity index (χ1v) is 12.2. The predicted octanol–water partition coefficient (Wildman–Crippen LogP) is 3.85. The summed E-state index contributed by atoms with van der Waals surface area (Å²) in [6.45, 7) is 2.58. The third-order valence-electron chi connectivity index (χ3n) is 7.02. The summed E-state index contributed by atoms with van der Waals surface area (Å²) in [6, 6.07) is 5.78. The van der Waals surface area contributed by atoms with Crippen molar-refractivity contribution in [3.63, 3.8) is 0 Å². The van der Waals surface area contributed by atoms with Gasteiger partial charge in [0.05, 0.1) is 25.5 Å². The van der Waals surface area contributed by atoms with Crippen molar-refractivity contribution >= 4 is 28.4 Å². The van der Waals surface area contributed by atoms with Crippen LogP contribution in [0.2, 0.25) is 0 Å². The fraction of sp³-hybridized carbons (Fsp3) is 0.500. The van der Waals surface area contributed by atoms with E-state index in [2.05, 4.69) is 20.7 Å². The van der Waals surface area contributed by atoms with Crippen LogP contribution in [0, 0.1) is 6.92 Å². The molecule has 6 rings (SSSR count). The van der Waals surface area contributed by atoms with Crippen LogP contribution in [0.1, 0.15) is 31.5 Å². The molecule has 1 saturated heterocycles. The van der Waals surface area contributed by atoms with Crippen molar-refractivity contribution in [3.8, 4) is 11.3 Å². The molecule has 0 amide bonds. The summed E-state index contributed by atoms with van der Waals surface area (Å²) in [5, 5.41) is 11.3. The van der Waals surface area contributed by atoms with E-state index in [9.17, 15) is 8.78 Å². The second-order valence-electron chi connectivity index (χ2n) is 9.28. The molecule has 1 aliphatic carbocycles. The number of halogens is 2. The van der Waals surface area contributed by atoms with Crippen LogP contribution in [0.5, 0.6) is 0 Å². The van der Waals surface area contributed by atoms with E-state index in [0.717, 1.165) is 36.8 Å². The van der Waals surface area contributed by atoms with Gasteiger partial charge in [0.1, 0.15) is 16.9 Å². The monoisotopic (exact) mass is 498 g/mol. The number of aromatic nitrogens is 6. The van der Waals surface area contributed by atoms with Crippen molar-refractivity contribution in [1.29, 1.82) is 0 Å².